The van der Waals surface area contributed by atoms with Crippen molar-refractivity contribution in [3.05, 3.63) is 40.3 Å². The summed E-state index contributed by atoms with van der Waals surface area (Å²) in [4.78, 5) is 0. The third-order valence-electron chi connectivity index (χ3n) is 0.889. The SMILES string of the molecule is Br.[CH2-]c1cccc(I)c1.[Zn]. The molecule has 0 aliphatic heterocycles. The Labute approximate surface area is 98.5 Å². The molecule has 0 fully saturated rings. The number of rotatable bonds is 0. The smallest absolute Gasteiger partial charge is 0 e. The van der Waals surface area contributed by atoms with Crippen LogP contribution in [0.3, 0.4) is 0 Å². The van der Waals surface area contributed by atoms with Crippen LogP contribution in [-0.4, -0.2) is 0 Å². The summed E-state index contributed by atoms with van der Waals surface area (Å²) in [7, 11) is 0. The second-order valence-corrected chi connectivity index (χ2v) is 2.88. The summed E-state index contributed by atoms with van der Waals surface area (Å²) in [5, 5.41) is 0. The minimum Gasteiger partial charge on any atom is -0.199 e. The van der Waals surface area contributed by atoms with Crippen molar-refractivity contribution in [3.8, 4) is 0 Å². The second-order valence-electron chi connectivity index (χ2n) is 1.63. The van der Waals surface area contributed by atoms with Crippen LogP contribution in [0.5, 0.6) is 0 Å². The van der Waals surface area contributed by atoms with Gasteiger partial charge in [-0.25, -0.2) is 0 Å². The van der Waals surface area contributed by atoms with Crippen molar-refractivity contribution in [2.24, 2.45) is 0 Å². The first kappa shape index (κ1) is 13.5. The van der Waals surface area contributed by atoms with Gasteiger partial charge in [-0.1, -0.05) is 28.7 Å². The molecule has 0 heterocycles. The predicted molar refractivity (Wildman–Crippen MR) is 53.9 cm³/mol. The van der Waals surface area contributed by atoms with E-state index in [1.54, 1.807) is 0 Å². The van der Waals surface area contributed by atoms with Crippen molar-refractivity contribution in [2.75, 3.05) is 0 Å². The molecule has 0 unspecified atom stereocenters. The molecule has 52 valence electrons. The zero-order valence-corrected chi connectivity index (χ0v) is 12.3. The van der Waals surface area contributed by atoms with Gasteiger partial charge in [-0.3, -0.25) is 0 Å². The zero-order valence-electron chi connectivity index (χ0n) is 5.51. The van der Waals surface area contributed by atoms with E-state index < -0.39 is 0 Å². The van der Waals surface area contributed by atoms with Crippen LogP contribution < -0.4 is 0 Å². The summed E-state index contributed by atoms with van der Waals surface area (Å²) < 4.78 is 1.25. The number of hydrogen-bond donors (Lipinski definition) is 0. The molecule has 0 bridgehead atoms. The standard InChI is InChI=1S/C7H6I.BrH.Zn/c1-6-3-2-4-7(8)5-6;;/h2-5H,1H2;1H;/q-1;;. The van der Waals surface area contributed by atoms with Crippen LogP contribution in [0.1, 0.15) is 5.56 Å². The molecular weight excluding hydrogens is 356 g/mol. The molecule has 0 radical (unpaired) electrons. The Morgan fingerprint density at radius 3 is 2.20 bits per heavy atom. The zero-order chi connectivity index (χ0) is 5.98. The largest absolute Gasteiger partial charge is 0.199 e. The van der Waals surface area contributed by atoms with Crippen LogP contribution in [0, 0.1) is 10.5 Å². The summed E-state index contributed by atoms with van der Waals surface area (Å²) in [6, 6.07) is 8.09. The van der Waals surface area contributed by atoms with Gasteiger partial charge in [-0.05, 0) is 3.57 Å². The molecule has 0 nitrogen and oxygen atoms in total. The maximum Gasteiger partial charge on any atom is 0 e. The van der Waals surface area contributed by atoms with Crippen molar-refractivity contribution < 1.29 is 19.5 Å². The van der Waals surface area contributed by atoms with Gasteiger partial charge in [0.1, 0.15) is 0 Å². The van der Waals surface area contributed by atoms with E-state index in [9.17, 15) is 0 Å². The van der Waals surface area contributed by atoms with Crippen LogP contribution >= 0.6 is 39.6 Å². The van der Waals surface area contributed by atoms with Crippen LogP contribution in [-0.2, 0) is 19.5 Å². The monoisotopic (exact) mass is 361 g/mol. The van der Waals surface area contributed by atoms with Crippen molar-refractivity contribution in [2.45, 2.75) is 0 Å². The minimum atomic E-state index is 0. The molecule has 0 spiro atoms. The van der Waals surface area contributed by atoms with Gasteiger partial charge in [0.15, 0.2) is 0 Å². The fourth-order valence-corrected chi connectivity index (χ4v) is 1.14. The maximum atomic E-state index is 3.78. The summed E-state index contributed by atoms with van der Waals surface area (Å²) in [6.45, 7) is 3.78. The number of hydrogen-bond acceptors (Lipinski definition) is 0. The fraction of sp³-hybridized carbons (Fsp3) is 0. The Morgan fingerprint density at radius 2 is 1.90 bits per heavy atom. The average Bonchev–Trinajstić information content (AvgIpc) is 1.64. The van der Waals surface area contributed by atoms with E-state index in [0.717, 1.165) is 5.56 Å². The number of halogens is 2. The molecule has 0 N–H and O–H groups in total. The van der Waals surface area contributed by atoms with Crippen LogP contribution in [0.15, 0.2) is 24.3 Å². The Hall–Kier alpha value is 0.923. The predicted octanol–water partition coefficient (Wildman–Crippen LogP) is 3.05. The van der Waals surface area contributed by atoms with E-state index in [-0.39, 0.29) is 36.5 Å². The van der Waals surface area contributed by atoms with Gasteiger partial charge in [0.25, 0.3) is 0 Å². The first-order valence-electron chi connectivity index (χ1n) is 2.36. The van der Waals surface area contributed by atoms with Gasteiger partial charge in [0, 0.05) is 19.5 Å². The van der Waals surface area contributed by atoms with Crippen LogP contribution in [0.4, 0.5) is 0 Å². The molecule has 1 aromatic rings. The average molecular weight is 363 g/mol. The Morgan fingerprint density at radius 1 is 1.30 bits per heavy atom. The molecule has 0 atom stereocenters. The first-order valence-corrected chi connectivity index (χ1v) is 3.44. The second kappa shape index (κ2) is 6.62. The minimum absolute atomic E-state index is 0. The van der Waals surface area contributed by atoms with Crippen molar-refractivity contribution in [1.29, 1.82) is 0 Å². The van der Waals surface area contributed by atoms with Crippen molar-refractivity contribution in [3.63, 3.8) is 0 Å². The maximum absolute atomic E-state index is 3.78. The van der Waals surface area contributed by atoms with E-state index in [1.165, 1.54) is 3.57 Å². The Bertz CT molecular complexity index is 173. The molecule has 0 aromatic heterocycles. The van der Waals surface area contributed by atoms with Crippen LogP contribution in [0.25, 0.3) is 0 Å². The van der Waals surface area contributed by atoms with Gasteiger partial charge < -0.3 is 0 Å². The van der Waals surface area contributed by atoms with E-state index >= 15 is 0 Å². The van der Waals surface area contributed by atoms with Gasteiger partial charge in [0.2, 0.25) is 0 Å². The molecule has 0 amide bonds. The molecule has 1 rings (SSSR count). The molecule has 0 saturated heterocycles. The first-order chi connectivity index (χ1) is 3.79. The summed E-state index contributed by atoms with van der Waals surface area (Å²) >= 11 is 2.27. The quantitative estimate of drug-likeness (QED) is 0.378. The van der Waals surface area contributed by atoms with Gasteiger partial charge >= 0.3 is 0 Å². The van der Waals surface area contributed by atoms with E-state index in [0.29, 0.717) is 0 Å². The van der Waals surface area contributed by atoms with Crippen LogP contribution in [0.2, 0.25) is 0 Å². The molecule has 0 saturated carbocycles. The van der Waals surface area contributed by atoms with Crippen molar-refractivity contribution in [1.82, 2.24) is 0 Å². The summed E-state index contributed by atoms with van der Waals surface area (Å²) in [6.07, 6.45) is 0. The molecule has 10 heavy (non-hydrogen) atoms. The number of benzene rings is 1. The Kier molecular flexibility index (Phi) is 8.95. The van der Waals surface area contributed by atoms with Gasteiger partial charge in [-0.15, -0.1) is 23.0 Å². The van der Waals surface area contributed by atoms with Crippen molar-refractivity contribution >= 4 is 39.6 Å². The Balaban J connectivity index is 0. The van der Waals surface area contributed by atoms with E-state index in [4.69, 9.17) is 0 Å². The molecular formula is C7H7BrIZn-. The molecule has 0 aliphatic carbocycles. The summed E-state index contributed by atoms with van der Waals surface area (Å²) in [5.74, 6) is 0. The third kappa shape index (κ3) is 4.70. The van der Waals surface area contributed by atoms with E-state index in [1.807, 2.05) is 18.2 Å². The summed E-state index contributed by atoms with van der Waals surface area (Å²) in [5.41, 5.74) is 1.08. The third-order valence-corrected chi connectivity index (χ3v) is 1.56. The van der Waals surface area contributed by atoms with Gasteiger partial charge in [0.05, 0.1) is 0 Å². The molecule has 1 aromatic carbocycles. The fourth-order valence-electron chi connectivity index (χ4n) is 0.537. The van der Waals surface area contributed by atoms with Gasteiger partial charge in [-0.2, -0.15) is 24.6 Å². The normalized spacial score (nSPS) is 7.30. The molecule has 0 aliphatic rings. The topological polar surface area (TPSA) is 0 Å². The molecule has 3 heteroatoms. The van der Waals surface area contributed by atoms with E-state index in [2.05, 4.69) is 35.6 Å².